The van der Waals surface area contributed by atoms with E-state index in [1.807, 2.05) is 0 Å². The summed E-state index contributed by atoms with van der Waals surface area (Å²) in [5.74, 6) is -7.72. The Labute approximate surface area is 271 Å². The van der Waals surface area contributed by atoms with Crippen LogP contribution in [0.2, 0.25) is 5.02 Å². The minimum Gasteiger partial charge on any atom is -0.326 e. The SMILES string of the molecule is O=C(Nc1ccc(F)c(NC(=O)C2CCCS2)c1F)c1cc(NC(=O)[C@H]2C(c3ccc(F)c(C(F)(F)F)c3)C2(Cl)Cl)ccc1Cl. The number of thioether (sulfide) groups is 1. The number of nitrogens with one attached hydrogen (secondary N) is 3. The lowest BCUT2D eigenvalue weighted by molar-refractivity contribution is -0.140. The molecule has 0 radical (unpaired) electrons. The maximum atomic E-state index is 15.2. The van der Waals surface area contributed by atoms with Gasteiger partial charge in [0.15, 0.2) is 5.82 Å². The van der Waals surface area contributed by atoms with Gasteiger partial charge < -0.3 is 16.0 Å². The number of carbonyl (C=O) groups excluding carboxylic acids is 3. The number of hydrogen-bond acceptors (Lipinski definition) is 4. The molecule has 3 aromatic rings. The number of rotatable bonds is 7. The van der Waals surface area contributed by atoms with E-state index in [2.05, 4.69) is 16.0 Å². The van der Waals surface area contributed by atoms with E-state index in [9.17, 15) is 36.3 Å². The summed E-state index contributed by atoms with van der Waals surface area (Å²) in [4.78, 5) is 38.5. The van der Waals surface area contributed by atoms with Crippen molar-refractivity contribution >= 4 is 81.3 Å². The van der Waals surface area contributed by atoms with Crippen molar-refractivity contribution in [3.63, 3.8) is 0 Å². The Balaban J connectivity index is 1.31. The molecule has 1 heterocycles. The van der Waals surface area contributed by atoms with Crippen molar-refractivity contribution < 1.29 is 40.7 Å². The van der Waals surface area contributed by atoms with Gasteiger partial charge in [0.25, 0.3) is 5.91 Å². The molecule has 16 heteroatoms. The van der Waals surface area contributed by atoms with Crippen molar-refractivity contribution in [2.75, 3.05) is 21.7 Å². The highest BCUT2D eigenvalue weighted by Gasteiger charge is 2.67. The molecule has 2 unspecified atom stereocenters. The van der Waals surface area contributed by atoms with Crippen LogP contribution in [-0.2, 0) is 15.8 Å². The van der Waals surface area contributed by atoms with Crippen LogP contribution in [0.1, 0.15) is 40.2 Å². The van der Waals surface area contributed by atoms with Gasteiger partial charge in [0.05, 0.1) is 33.0 Å². The molecule has 0 spiro atoms. The third-order valence-corrected chi connectivity index (χ3v) is 9.93. The van der Waals surface area contributed by atoms with E-state index < -0.39 is 79.7 Å². The second-order valence-electron chi connectivity index (χ2n) is 10.3. The lowest BCUT2D eigenvalue weighted by Crippen LogP contribution is -2.24. The summed E-state index contributed by atoms with van der Waals surface area (Å²) >= 11 is 20.0. The Morgan fingerprint density at radius 2 is 1.60 bits per heavy atom. The van der Waals surface area contributed by atoms with Crippen LogP contribution in [0.5, 0.6) is 0 Å². The molecule has 238 valence electrons. The lowest BCUT2D eigenvalue weighted by atomic mass is 10.0. The van der Waals surface area contributed by atoms with E-state index in [1.54, 1.807) is 0 Å². The number of halogens is 9. The normalized spacial score (nSPS) is 20.4. The van der Waals surface area contributed by atoms with Gasteiger partial charge in [-0.05, 0) is 66.6 Å². The minimum atomic E-state index is -4.99. The van der Waals surface area contributed by atoms with E-state index in [0.717, 1.165) is 36.4 Å². The van der Waals surface area contributed by atoms with Gasteiger partial charge in [0.1, 0.15) is 21.7 Å². The summed E-state index contributed by atoms with van der Waals surface area (Å²) in [5.41, 5.74) is -3.08. The van der Waals surface area contributed by atoms with Crippen LogP contribution in [0.15, 0.2) is 48.5 Å². The molecule has 5 rings (SSSR count). The van der Waals surface area contributed by atoms with Gasteiger partial charge >= 0.3 is 6.18 Å². The highest BCUT2D eigenvalue weighted by Crippen LogP contribution is 2.65. The van der Waals surface area contributed by atoms with Crippen molar-refractivity contribution in [2.45, 2.75) is 34.5 Å². The minimum absolute atomic E-state index is 0.000939. The van der Waals surface area contributed by atoms with Crippen LogP contribution in [0.3, 0.4) is 0 Å². The maximum absolute atomic E-state index is 15.2. The van der Waals surface area contributed by atoms with E-state index in [1.165, 1.54) is 23.9 Å². The zero-order chi connectivity index (χ0) is 32.8. The Morgan fingerprint density at radius 3 is 2.27 bits per heavy atom. The van der Waals surface area contributed by atoms with Gasteiger partial charge in [-0.1, -0.05) is 17.7 Å². The smallest absolute Gasteiger partial charge is 0.326 e. The largest absolute Gasteiger partial charge is 0.419 e. The molecule has 1 aliphatic heterocycles. The maximum Gasteiger partial charge on any atom is 0.419 e. The van der Waals surface area contributed by atoms with Crippen molar-refractivity contribution in [1.82, 2.24) is 0 Å². The van der Waals surface area contributed by atoms with Gasteiger partial charge in [0.2, 0.25) is 11.8 Å². The van der Waals surface area contributed by atoms with Crippen molar-refractivity contribution in [3.05, 3.63) is 87.7 Å². The Bertz CT molecular complexity index is 1700. The Morgan fingerprint density at radius 1 is 0.889 bits per heavy atom. The summed E-state index contributed by atoms with van der Waals surface area (Å²) in [6, 6.07) is 7.70. The van der Waals surface area contributed by atoms with E-state index in [-0.39, 0.29) is 21.8 Å². The first kappa shape index (κ1) is 33.2. The molecule has 0 aromatic heterocycles. The lowest BCUT2D eigenvalue weighted by Gasteiger charge is -2.15. The molecule has 3 N–H and O–H groups in total. The fraction of sp³-hybridized carbons (Fsp3) is 0.276. The number of anilines is 3. The van der Waals surface area contributed by atoms with Crippen LogP contribution in [0.4, 0.5) is 43.4 Å². The monoisotopic (exact) mass is 709 g/mol. The molecule has 45 heavy (non-hydrogen) atoms. The molecule has 1 saturated heterocycles. The number of hydrogen-bond donors (Lipinski definition) is 3. The predicted molar refractivity (Wildman–Crippen MR) is 161 cm³/mol. The van der Waals surface area contributed by atoms with Gasteiger partial charge in [-0.15, -0.1) is 35.0 Å². The average Bonchev–Trinajstić information content (AvgIpc) is 3.27. The number of carbonyl (C=O) groups is 3. The van der Waals surface area contributed by atoms with E-state index >= 15 is 4.39 Å². The fourth-order valence-corrected chi connectivity index (χ4v) is 7.15. The van der Waals surface area contributed by atoms with Crippen LogP contribution in [-0.4, -0.2) is 33.1 Å². The van der Waals surface area contributed by atoms with Crippen LogP contribution in [0.25, 0.3) is 0 Å². The quantitative estimate of drug-likeness (QED) is 0.170. The summed E-state index contributed by atoms with van der Waals surface area (Å²) in [5, 5.41) is 6.39. The summed E-state index contributed by atoms with van der Waals surface area (Å²) in [7, 11) is 0. The molecule has 3 amide bonds. The van der Waals surface area contributed by atoms with Crippen LogP contribution < -0.4 is 16.0 Å². The zero-order valence-electron chi connectivity index (χ0n) is 22.5. The first-order chi connectivity index (χ1) is 21.1. The van der Waals surface area contributed by atoms with Gasteiger partial charge in [-0.3, -0.25) is 14.4 Å². The van der Waals surface area contributed by atoms with Gasteiger partial charge in [-0.2, -0.15) is 13.2 Å². The zero-order valence-corrected chi connectivity index (χ0v) is 25.6. The number of benzene rings is 3. The Kier molecular flexibility index (Phi) is 9.29. The third kappa shape index (κ3) is 6.86. The van der Waals surface area contributed by atoms with Gasteiger partial charge in [-0.25, -0.2) is 13.2 Å². The molecule has 2 aliphatic rings. The fourth-order valence-electron chi connectivity index (χ4n) is 4.96. The standard InChI is InChI=1S/C29H20Cl3F6N3O3S/c30-16-5-4-13(39-27(44)22-21(28(22,31)32)12-3-6-17(33)15(10-12)29(36,37)38)11-14(16)25(42)40-19-8-7-18(34)24(23(19)35)41-26(43)20-2-1-9-45-20/h3-8,10-11,20-22H,1-2,9H2,(H,39,44)(H,40,42)(H,41,43)/t20?,21?,22-/m1/s1. The molecule has 2 fully saturated rings. The number of amides is 3. The van der Waals surface area contributed by atoms with E-state index in [0.29, 0.717) is 18.6 Å². The second-order valence-corrected chi connectivity index (χ2v) is 13.4. The summed E-state index contributed by atoms with van der Waals surface area (Å²) in [6.45, 7) is 0. The molecule has 3 aromatic carbocycles. The molecule has 3 atom stereocenters. The van der Waals surface area contributed by atoms with Crippen molar-refractivity contribution in [3.8, 4) is 0 Å². The topological polar surface area (TPSA) is 87.3 Å². The van der Waals surface area contributed by atoms with Crippen molar-refractivity contribution in [2.24, 2.45) is 5.92 Å². The first-order valence-electron chi connectivity index (χ1n) is 13.2. The van der Waals surface area contributed by atoms with E-state index in [4.69, 9.17) is 34.8 Å². The molecule has 6 nitrogen and oxygen atoms in total. The molecule has 1 aliphatic carbocycles. The molecule has 0 bridgehead atoms. The first-order valence-corrected chi connectivity index (χ1v) is 15.3. The third-order valence-electron chi connectivity index (χ3n) is 7.28. The molecular formula is C29H20Cl3F6N3O3S. The highest BCUT2D eigenvalue weighted by atomic mass is 35.5. The Hall–Kier alpha value is -3.13. The molecular weight excluding hydrogens is 691 g/mol. The van der Waals surface area contributed by atoms with Crippen LogP contribution in [0, 0.1) is 23.4 Å². The second kappa shape index (κ2) is 12.6. The number of alkyl halides is 5. The average molecular weight is 711 g/mol. The summed E-state index contributed by atoms with van der Waals surface area (Å²) < 4.78 is 81.2. The highest BCUT2D eigenvalue weighted by molar-refractivity contribution is 8.00. The summed E-state index contributed by atoms with van der Waals surface area (Å²) in [6.07, 6.45) is -3.64. The van der Waals surface area contributed by atoms with Gasteiger partial charge in [0, 0.05) is 11.6 Å². The molecule has 1 saturated carbocycles. The van der Waals surface area contributed by atoms with Crippen LogP contribution >= 0.6 is 46.6 Å². The predicted octanol–water partition coefficient (Wildman–Crippen LogP) is 8.39. The van der Waals surface area contributed by atoms with Crippen molar-refractivity contribution in [1.29, 1.82) is 0 Å².